The van der Waals surface area contributed by atoms with Gasteiger partial charge >= 0.3 is 5.97 Å². The highest BCUT2D eigenvalue weighted by molar-refractivity contribution is 5.89. The lowest BCUT2D eigenvalue weighted by Crippen LogP contribution is -2.59. The number of methoxy groups -OCH3 is 1. The molecule has 7 atom stereocenters. The van der Waals surface area contributed by atoms with E-state index in [1.54, 1.807) is 19.2 Å². The lowest BCUT2D eigenvalue weighted by Gasteiger charge is -2.46. The molecule has 0 aromatic heterocycles. The van der Waals surface area contributed by atoms with E-state index in [4.69, 9.17) is 18.9 Å². The van der Waals surface area contributed by atoms with Gasteiger partial charge in [-0.05, 0) is 50.7 Å². The molecule has 2 heterocycles. The molecule has 0 N–H and O–H groups in total. The van der Waals surface area contributed by atoms with Crippen molar-refractivity contribution in [3.8, 4) is 0 Å². The molecule has 1 aromatic rings. The molecule has 0 amide bonds. The van der Waals surface area contributed by atoms with Crippen LogP contribution in [-0.4, -0.2) is 49.2 Å². The molecule has 166 valence electrons. The van der Waals surface area contributed by atoms with Crippen molar-refractivity contribution >= 4 is 5.97 Å². The number of epoxide rings is 2. The molecule has 5 heteroatoms. The van der Waals surface area contributed by atoms with Gasteiger partial charge in [0.15, 0.2) is 0 Å². The second-order valence-electron chi connectivity index (χ2n) is 9.90. The fraction of sp³-hybridized carbons (Fsp3) is 0.720. The molecule has 5 nitrogen and oxygen atoms in total. The number of benzene rings is 1. The molecule has 30 heavy (non-hydrogen) atoms. The molecule has 2 saturated heterocycles. The van der Waals surface area contributed by atoms with Crippen LogP contribution >= 0.6 is 0 Å². The van der Waals surface area contributed by atoms with Gasteiger partial charge < -0.3 is 18.9 Å². The number of hydrogen-bond acceptors (Lipinski definition) is 5. The van der Waals surface area contributed by atoms with Gasteiger partial charge in [0, 0.05) is 13.0 Å². The van der Waals surface area contributed by atoms with E-state index in [0.717, 1.165) is 32.3 Å². The molecule has 1 aliphatic carbocycles. The van der Waals surface area contributed by atoms with Gasteiger partial charge in [-0.15, -0.1) is 0 Å². The summed E-state index contributed by atoms with van der Waals surface area (Å²) in [6, 6.07) is 9.21. The van der Waals surface area contributed by atoms with Crippen molar-refractivity contribution in [2.24, 2.45) is 17.8 Å². The van der Waals surface area contributed by atoms with Crippen LogP contribution in [0.5, 0.6) is 0 Å². The first kappa shape index (κ1) is 21.8. The number of carbonyl (C=O) groups is 1. The lowest BCUT2D eigenvalue weighted by atomic mass is 9.64. The van der Waals surface area contributed by atoms with Crippen LogP contribution in [0.1, 0.15) is 63.7 Å². The summed E-state index contributed by atoms with van der Waals surface area (Å²) in [6.07, 6.45) is 3.65. The fourth-order valence-electron chi connectivity index (χ4n) is 5.64. The van der Waals surface area contributed by atoms with Crippen molar-refractivity contribution in [3.63, 3.8) is 0 Å². The molecule has 1 spiro atoms. The zero-order chi connectivity index (χ0) is 21.5. The Morgan fingerprint density at radius 3 is 2.50 bits per heavy atom. The van der Waals surface area contributed by atoms with Gasteiger partial charge in [-0.1, -0.05) is 39.0 Å². The first-order valence-corrected chi connectivity index (χ1v) is 11.4. The predicted molar refractivity (Wildman–Crippen MR) is 114 cm³/mol. The van der Waals surface area contributed by atoms with Crippen LogP contribution in [0.25, 0.3) is 0 Å². The topological polar surface area (TPSA) is 60.6 Å². The van der Waals surface area contributed by atoms with E-state index in [0.29, 0.717) is 11.5 Å². The molecule has 3 aliphatic rings. The van der Waals surface area contributed by atoms with Crippen molar-refractivity contribution in [2.75, 3.05) is 13.7 Å². The maximum atomic E-state index is 12.9. The van der Waals surface area contributed by atoms with Crippen LogP contribution in [0.3, 0.4) is 0 Å². The second kappa shape index (κ2) is 8.25. The van der Waals surface area contributed by atoms with Gasteiger partial charge in [0.05, 0.1) is 24.2 Å². The molecule has 0 radical (unpaired) electrons. The average Bonchev–Trinajstić information content (AvgIpc) is 3.65. The van der Waals surface area contributed by atoms with E-state index in [-0.39, 0.29) is 47.3 Å². The van der Waals surface area contributed by atoms with Crippen molar-refractivity contribution in [3.05, 3.63) is 35.9 Å². The van der Waals surface area contributed by atoms with Gasteiger partial charge in [-0.25, -0.2) is 4.79 Å². The van der Waals surface area contributed by atoms with E-state index >= 15 is 0 Å². The summed E-state index contributed by atoms with van der Waals surface area (Å²) in [4.78, 5) is 12.9. The van der Waals surface area contributed by atoms with Gasteiger partial charge in [0.25, 0.3) is 0 Å². The third kappa shape index (κ3) is 3.92. The lowest BCUT2D eigenvalue weighted by molar-refractivity contribution is -0.144. The Bertz CT molecular complexity index is 743. The maximum absolute atomic E-state index is 12.9. The normalized spacial score (nSPS) is 39.9. The molecule has 4 rings (SSSR count). The Kier molecular flexibility index (Phi) is 5.99. The van der Waals surface area contributed by atoms with Crippen molar-refractivity contribution in [1.82, 2.24) is 0 Å². The largest absolute Gasteiger partial charge is 0.456 e. The van der Waals surface area contributed by atoms with Crippen LogP contribution in [0.2, 0.25) is 0 Å². The minimum atomic E-state index is -0.306. The molecule has 3 fully saturated rings. The van der Waals surface area contributed by atoms with E-state index in [2.05, 4.69) is 27.7 Å². The summed E-state index contributed by atoms with van der Waals surface area (Å²) in [5.74, 6) is 0.630. The van der Waals surface area contributed by atoms with E-state index in [1.165, 1.54) is 0 Å². The first-order valence-electron chi connectivity index (χ1n) is 11.4. The van der Waals surface area contributed by atoms with E-state index < -0.39 is 0 Å². The highest BCUT2D eigenvalue weighted by atomic mass is 16.6. The van der Waals surface area contributed by atoms with Crippen molar-refractivity contribution < 1.29 is 23.7 Å². The van der Waals surface area contributed by atoms with Crippen LogP contribution in [0.15, 0.2) is 30.3 Å². The number of hydrogen-bond donors (Lipinski definition) is 0. The van der Waals surface area contributed by atoms with E-state index in [9.17, 15) is 4.79 Å². The minimum absolute atomic E-state index is 0.0588. The summed E-state index contributed by atoms with van der Waals surface area (Å²) in [6.45, 7) is 9.57. The quantitative estimate of drug-likeness (QED) is 0.456. The molecule has 0 bridgehead atoms. The van der Waals surface area contributed by atoms with Crippen LogP contribution in [0.4, 0.5) is 0 Å². The van der Waals surface area contributed by atoms with Crippen molar-refractivity contribution in [2.45, 2.75) is 82.9 Å². The second-order valence-corrected chi connectivity index (χ2v) is 9.90. The zero-order valence-electron chi connectivity index (χ0n) is 18.9. The highest BCUT2D eigenvalue weighted by Crippen LogP contribution is 2.61. The Labute approximate surface area is 180 Å². The molecule has 2 aliphatic heterocycles. The summed E-state index contributed by atoms with van der Waals surface area (Å²) >= 11 is 0. The van der Waals surface area contributed by atoms with Crippen molar-refractivity contribution in [1.29, 1.82) is 0 Å². The summed E-state index contributed by atoms with van der Waals surface area (Å²) in [5.41, 5.74) is 0.0750. The Balaban J connectivity index is 1.57. The molecular formula is C25H36O5. The van der Waals surface area contributed by atoms with Gasteiger partial charge in [-0.2, -0.15) is 0 Å². The average molecular weight is 417 g/mol. The summed E-state index contributed by atoms with van der Waals surface area (Å²) in [5, 5.41) is 0. The minimum Gasteiger partial charge on any atom is -0.456 e. The highest BCUT2D eigenvalue weighted by Gasteiger charge is 2.73. The number of rotatable bonds is 8. The fourth-order valence-corrected chi connectivity index (χ4v) is 5.64. The Morgan fingerprint density at radius 1 is 1.23 bits per heavy atom. The molecule has 0 unspecified atom stereocenters. The smallest absolute Gasteiger partial charge is 0.338 e. The Morgan fingerprint density at radius 2 is 1.93 bits per heavy atom. The monoisotopic (exact) mass is 416 g/mol. The van der Waals surface area contributed by atoms with Gasteiger partial charge in [-0.3, -0.25) is 0 Å². The maximum Gasteiger partial charge on any atom is 0.338 e. The number of ether oxygens (including phenoxy) is 4. The van der Waals surface area contributed by atoms with Gasteiger partial charge in [0.1, 0.15) is 23.4 Å². The molecule has 1 aromatic carbocycles. The molecular weight excluding hydrogens is 380 g/mol. The van der Waals surface area contributed by atoms with Crippen LogP contribution in [-0.2, 0) is 18.9 Å². The third-order valence-electron chi connectivity index (χ3n) is 7.46. The van der Waals surface area contributed by atoms with E-state index in [1.807, 2.05) is 18.2 Å². The van der Waals surface area contributed by atoms with Gasteiger partial charge in [0.2, 0.25) is 0 Å². The van der Waals surface area contributed by atoms with Crippen LogP contribution < -0.4 is 0 Å². The number of carbonyl (C=O) groups excluding carboxylic acids is 1. The summed E-state index contributed by atoms with van der Waals surface area (Å²) < 4.78 is 24.6. The SMILES string of the molecule is CC[C@@H]1C[C@]2(CO2)[C@@H]([C@@]2(C)O[C@@H]2CCC(C)C)[C@H](OC)[C@@H]1OC(=O)c1ccccc1. The Hall–Kier alpha value is -1.43. The molecule has 1 saturated carbocycles. The number of esters is 1. The third-order valence-corrected chi connectivity index (χ3v) is 7.46. The standard InChI is InChI=1S/C25H36O5/c1-6-17-14-25(15-28-25)22(24(4)19(30-24)13-12-16(2)3)21(27-5)20(17)29-23(26)18-10-8-7-9-11-18/h7-11,16-17,19-22H,6,12-15H2,1-5H3/t17-,19-,20-,21-,22-,24+,25+/m1/s1. The summed E-state index contributed by atoms with van der Waals surface area (Å²) in [7, 11) is 1.73. The first-order chi connectivity index (χ1) is 14.3. The predicted octanol–water partition coefficient (Wildman–Crippen LogP) is 4.64. The van der Waals surface area contributed by atoms with Crippen LogP contribution in [0, 0.1) is 17.8 Å². The zero-order valence-corrected chi connectivity index (χ0v) is 18.9.